The van der Waals surface area contributed by atoms with Crippen molar-refractivity contribution >= 4 is 130 Å². The summed E-state index contributed by atoms with van der Waals surface area (Å²) in [5.41, 5.74) is 45.6. The van der Waals surface area contributed by atoms with Gasteiger partial charge >= 0.3 is 5.97 Å². The average molecular weight is 1780 g/mol. The second-order valence-corrected chi connectivity index (χ2v) is 32.2. The Morgan fingerprint density at radius 3 is 1.17 bits per heavy atom. The van der Waals surface area contributed by atoms with Gasteiger partial charge in [0, 0.05) is 56.3 Å². The van der Waals surface area contributed by atoms with E-state index in [4.69, 9.17) is 45.9 Å². The maximum Gasteiger partial charge on any atom is 0.326 e. The number of aromatic amines is 2. The van der Waals surface area contributed by atoms with E-state index in [0.717, 1.165) is 0 Å². The number of H-pyrrole nitrogens is 2. The molecule has 47 nitrogen and oxygen atoms in total. The number of carbonyl (C=O) groups is 15. The minimum Gasteiger partial charge on any atom is -0.480 e. The van der Waals surface area contributed by atoms with Crippen LogP contribution in [0.25, 0.3) is 0 Å². The molecule has 0 aromatic carbocycles. The third-order valence-corrected chi connectivity index (χ3v) is 19.8. The number of rotatable bonds is 62. The number of aliphatic hydroxyl groups excluding tert-OH is 2. The van der Waals surface area contributed by atoms with Crippen LogP contribution in [0.4, 0.5) is 0 Å². The van der Waals surface area contributed by atoms with Gasteiger partial charge in [0.1, 0.15) is 78.5 Å². The summed E-state index contributed by atoms with van der Waals surface area (Å²) >= 11 is 2.66. The van der Waals surface area contributed by atoms with E-state index >= 15 is 0 Å². The fourth-order valence-electron chi connectivity index (χ4n) is 11.9. The normalized spacial score (nSPS) is 14.6. The van der Waals surface area contributed by atoms with Crippen molar-refractivity contribution in [2.45, 2.75) is 229 Å². The van der Waals surface area contributed by atoms with Crippen molar-refractivity contribution in [3.05, 3.63) is 36.4 Å². The lowest BCUT2D eigenvalue weighted by Crippen LogP contribution is -2.61. The molecule has 14 unspecified atom stereocenters. The zero-order valence-electron chi connectivity index (χ0n) is 71.2. The maximum absolute atomic E-state index is 14.7. The molecule has 0 saturated heterocycles. The number of nitrogens with zero attached hydrogens (tertiary/aromatic N) is 5. The van der Waals surface area contributed by atoms with E-state index in [1.54, 1.807) is 54.1 Å². The Bertz CT molecular complexity index is 3770. The second kappa shape index (κ2) is 58.8. The number of aliphatic carboxylic acids is 1. The maximum atomic E-state index is 14.7. The lowest BCUT2D eigenvalue weighted by molar-refractivity contribution is -0.142. The molecule has 2 rings (SSSR count). The molecule has 0 bridgehead atoms. The quantitative estimate of drug-likeness (QED) is 0.0166. The number of carboxylic acids is 1. The van der Waals surface area contributed by atoms with Gasteiger partial charge in [-0.05, 0) is 139 Å². The smallest absolute Gasteiger partial charge is 0.326 e. The highest BCUT2D eigenvalue weighted by Gasteiger charge is 2.38. The monoisotopic (exact) mass is 1780 g/mol. The number of amides is 14. The van der Waals surface area contributed by atoms with Crippen molar-refractivity contribution in [3.63, 3.8) is 0 Å². The molecule has 49 heteroatoms. The molecule has 35 N–H and O–H groups in total. The van der Waals surface area contributed by atoms with Gasteiger partial charge < -0.3 is 146 Å². The fraction of sp³-hybridized carbons (Fsp3) is 0.676. The van der Waals surface area contributed by atoms with E-state index in [0.29, 0.717) is 30.0 Å². The molecular weight excluding hydrogens is 1650 g/mol. The van der Waals surface area contributed by atoms with E-state index < -0.39 is 199 Å². The van der Waals surface area contributed by atoms with Gasteiger partial charge in [-0.25, -0.2) is 14.8 Å². The largest absolute Gasteiger partial charge is 0.480 e. The van der Waals surface area contributed by atoms with Crippen LogP contribution in [0.5, 0.6) is 0 Å². The fourth-order valence-corrected chi connectivity index (χ4v) is 12.8. The lowest BCUT2D eigenvalue weighted by Gasteiger charge is -2.29. The molecule has 123 heavy (non-hydrogen) atoms. The van der Waals surface area contributed by atoms with Gasteiger partial charge in [-0.1, -0.05) is 41.5 Å². The molecule has 0 radical (unpaired) electrons. The van der Waals surface area contributed by atoms with E-state index in [2.05, 4.69) is 109 Å². The number of carbonyl (C=O) groups excluding carboxylic acids is 14. The summed E-state index contributed by atoms with van der Waals surface area (Å²) in [6.07, 6.45) is 9.72. The minimum absolute atomic E-state index is 0.00985. The third kappa shape index (κ3) is 43.4. The molecule has 0 aliphatic rings. The number of nitrogens with two attached hydrogens (primary N) is 8. The second-order valence-electron chi connectivity index (χ2n) is 30.2. The number of thioether (sulfide) groups is 2. The summed E-state index contributed by atoms with van der Waals surface area (Å²) in [6, 6.07) is -19.8. The summed E-state index contributed by atoms with van der Waals surface area (Å²) in [6.45, 7) is 8.87. The first-order valence-corrected chi connectivity index (χ1v) is 43.2. The number of nitrogens with one attached hydrogen (secondary N) is 16. The van der Waals surface area contributed by atoms with Gasteiger partial charge in [-0.2, -0.15) is 23.5 Å². The Hall–Kier alpha value is -11.2. The molecule has 0 aliphatic heterocycles. The summed E-state index contributed by atoms with van der Waals surface area (Å²) < 4.78 is 0. The summed E-state index contributed by atoms with van der Waals surface area (Å²) in [4.78, 5) is 234. The molecule has 0 saturated carbocycles. The van der Waals surface area contributed by atoms with Gasteiger partial charge in [-0.15, -0.1) is 0 Å². The van der Waals surface area contributed by atoms with E-state index in [9.17, 15) is 87.2 Å². The first kappa shape index (κ1) is 108. The highest BCUT2D eigenvalue weighted by molar-refractivity contribution is 7.98. The highest BCUT2D eigenvalue weighted by Crippen LogP contribution is 2.15. The summed E-state index contributed by atoms with van der Waals surface area (Å²) in [7, 11) is 0. The molecule has 2 aromatic rings. The molecule has 692 valence electrons. The van der Waals surface area contributed by atoms with Gasteiger partial charge in [0.25, 0.3) is 0 Å². The number of guanidine groups is 3. The molecule has 2 aromatic heterocycles. The number of hydrogen-bond acceptors (Lipinski definition) is 26. The zero-order chi connectivity index (χ0) is 92.4. The number of imidazole rings is 2. The van der Waals surface area contributed by atoms with Crippen LogP contribution in [0.3, 0.4) is 0 Å². The summed E-state index contributed by atoms with van der Waals surface area (Å²) in [5.74, 6) is -15.4. The van der Waals surface area contributed by atoms with Crippen LogP contribution in [0, 0.1) is 17.8 Å². The van der Waals surface area contributed by atoms with Crippen LogP contribution in [0.1, 0.15) is 143 Å². The van der Waals surface area contributed by atoms with Crippen molar-refractivity contribution in [2.24, 2.45) is 78.6 Å². The molecule has 0 spiro atoms. The van der Waals surface area contributed by atoms with Crippen molar-refractivity contribution in [1.29, 1.82) is 0 Å². The van der Waals surface area contributed by atoms with Crippen molar-refractivity contribution in [1.82, 2.24) is 94.4 Å². The lowest BCUT2D eigenvalue weighted by atomic mass is 9.98. The van der Waals surface area contributed by atoms with Crippen molar-refractivity contribution < 1.29 is 87.2 Å². The predicted molar refractivity (Wildman–Crippen MR) is 461 cm³/mol. The van der Waals surface area contributed by atoms with Crippen LogP contribution in [0.15, 0.2) is 40.0 Å². The molecule has 2 heterocycles. The Morgan fingerprint density at radius 1 is 0.407 bits per heavy atom. The Balaban J connectivity index is 2.32. The van der Waals surface area contributed by atoms with Crippen LogP contribution in [0.2, 0.25) is 0 Å². The SMILES string of the molecule is CSCCC(NC(=O)C(N)Cc1cnc[nH]1)C(=O)NC(CCCN=C(N)N)C(=O)NC(CO)C(=O)NC(C)C(=O)NC(CCSC)C(=O)NC(CO)C(=O)NCC(=O)NC(CC(C)C)C(=O)NC(Cc1cnc[nH]1)C(=O)NC(CC(C)C)C(=O)NC(C(=O)NC(CCCCN)C(=O)NC(CCCN=C(N)N)C(=O)NC(CCCN=C(N)N)C(=O)O)C(C)C. The van der Waals surface area contributed by atoms with E-state index in [1.165, 1.54) is 55.5 Å². The number of aromatic nitrogens is 4. The van der Waals surface area contributed by atoms with Crippen LogP contribution < -0.4 is 120 Å². The molecular formula is C74H131N29O18S2. The highest BCUT2D eigenvalue weighted by atomic mass is 32.2. The number of aliphatic hydroxyl groups is 2. The van der Waals surface area contributed by atoms with Gasteiger partial charge in [0.15, 0.2) is 17.9 Å². The van der Waals surface area contributed by atoms with E-state index in [-0.39, 0.29) is 145 Å². The van der Waals surface area contributed by atoms with Crippen LogP contribution in [-0.4, -0.2) is 296 Å². The number of unbranched alkanes of at least 4 members (excludes halogenated alkanes) is 1. The van der Waals surface area contributed by atoms with Crippen molar-refractivity contribution in [3.8, 4) is 0 Å². The Morgan fingerprint density at radius 2 is 0.756 bits per heavy atom. The zero-order valence-corrected chi connectivity index (χ0v) is 72.9. The van der Waals surface area contributed by atoms with Crippen molar-refractivity contribution in [2.75, 3.05) is 70.0 Å². The van der Waals surface area contributed by atoms with Gasteiger partial charge in [0.05, 0.1) is 38.5 Å². The third-order valence-electron chi connectivity index (χ3n) is 18.5. The van der Waals surface area contributed by atoms with Gasteiger partial charge in [0.2, 0.25) is 82.7 Å². The summed E-state index contributed by atoms with van der Waals surface area (Å²) in [5, 5.41) is 66.3. The molecule has 14 atom stereocenters. The Labute approximate surface area is 722 Å². The topological polar surface area (TPSA) is 788 Å². The Kier molecular flexibility index (Phi) is 51.5. The predicted octanol–water partition coefficient (Wildman–Crippen LogP) is -8.70. The standard InChI is InChI=1S/C74H131N29O18S2/c1-38(2)27-51(66(115)100-53(30-43-32-84-37-90-43)67(116)99-52(28-39(3)4)68(117)103-57(40(5)6)70(119)97-45(15-10-11-21-75)61(110)95-46(16-12-22-85-72(77)78)62(111)98-50(71(120)121)18-14-24-87-74(81)82)92-56(106)33-88-60(109)54(34-104)101-65(114)48(19-25-122-8)93-58(107)41(7)91-69(118)55(35-105)102-63(112)47(17-13-23-86-73(79)80)96-64(113)49(20-26-123-9)94-59(108)44(76)29-42-31-83-36-89-42/h31-32,36-41,44-55,57,104-105H,10-30,33-35,75-76H2,1-9H3,(H,83,89)(H,84,90)(H,88,109)(H,91,118)(H,92,106)(H,93,107)(H,94,108)(H,95,110)(H,96,113)(H,97,119)(H,98,111)(H,99,116)(H,100,115)(H,101,114)(H,102,112)(H,103,117)(H,120,121)(H4,77,78,85)(H4,79,80,86)(H4,81,82,87). The van der Waals surface area contributed by atoms with Crippen LogP contribution in [-0.2, 0) is 84.8 Å². The minimum atomic E-state index is -1.75. The molecule has 0 fully saturated rings. The first-order valence-electron chi connectivity index (χ1n) is 40.4. The average Bonchev–Trinajstić information content (AvgIpc) is 1.74. The number of carboxylic acid groups (broad SMARTS) is 1. The van der Waals surface area contributed by atoms with E-state index in [1.807, 2.05) is 0 Å². The molecule has 0 aliphatic carbocycles. The number of hydrogen-bond donors (Lipinski definition) is 27. The number of aliphatic imine (C=N–C) groups is 3. The van der Waals surface area contributed by atoms with Crippen LogP contribution >= 0.6 is 23.5 Å². The molecule has 14 amide bonds. The van der Waals surface area contributed by atoms with Gasteiger partial charge in [-0.3, -0.25) is 82.1 Å². The first-order chi connectivity index (χ1) is 58.2.